The summed E-state index contributed by atoms with van der Waals surface area (Å²) in [5.74, 6) is 0. The summed E-state index contributed by atoms with van der Waals surface area (Å²) in [7, 11) is 2.52. The Hall–Kier alpha value is -0.214. The van der Waals surface area contributed by atoms with Crippen LogP contribution in [0.15, 0.2) is 47.6 Å². The molecule has 0 aliphatic heterocycles. The normalized spacial score (nSPS) is 11.8. The van der Waals surface area contributed by atoms with Gasteiger partial charge < -0.3 is 20.5 Å². The first-order chi connectivity index (χ1) is 15.2. The Morgan fingerprint density at radius 1 is 0.938 bits per heavy atom. The number of ether oxygens (including phenoxy) is 1. The molecule has 0 bridgehead atoms. The molecular formula is C26H47KN2O3. The van der Waals surface area contributed by atoms with Crippen LogP contribution in [0.3, 0.4) is 0 Å². The summed E-state index contributed by atoms with van der Waals surface area (Å²) in [4.78, 5) is 11.2. The number of nitrogens with one attached hydrogen (secondary N) is 1. The summed E-state index contributed by atoms with van der Waals surface area (Å²) < 4.78 is 5.78. The number of urea groups is 1. The first-order valence-electron chi connectivity index (χ1n) is 11.8. The third-order valence-corrected chi connectivity index (χ3v) is 4.60. The standard InChI is InChI=1S/C25H44N2O2.CH4O.K/c1-5-8-10-11-12-15-21-29-22-16-19-23(7-3)24(17-9-6-2)18-13-14-20-27-25(28)26-4;1-2;/h8-12,17H,5-7,13-16,18-22H2,1-4H3,(H2,26,27,28);2H,1H3;/q;;+1/p-1/b10-8-,12-11-,17-9-,24-23-;;. The number of allylic oxidation sites excluding steroid dienone is 7. The Bertz CT molecular complexity index is 529. The summed E-state index contributed by atoms with van der Waals surface area (Å²) in [6, 6.07) is -0.228. The minimum absolute atomic E-state index is 0. The van der Waals surface area contributed by atoms with Gasteiger partial charge in [-0.05, 0) is 56.9 Å². The molecular weight excluding hydrogens is 427 g/mol. The zero-order valence-corrected chi connectivity index (χ0v) is 24.8. The molecule has 2 N–H and O–H groups in total. The van der Waals surface area contributed by atoms with Gasteiger partial charge in [0, 0.05) is 13.7 Å². The van der Waals surface area contributed by atoms with E-state index in [4.69, 9.17) is 9.84 Å². The van der Waals surface area contributed by atoms with Crippen LogP contribution in [0.2, 0.25) is 0 Å². The van der Waals surface area contributed by atoms with Gasteiger partial charge in [-0.3, -0.25) is 4.79 Å². The molecule has 0 saturated heterocycles. The average molecular weight is 475 g/mol. The Kier molecular flexibility index (Phi) is 35.0. The quantitative estimate of drug-likeness (QED) is 0.191. The second-order valence-corrected chi connectivity index (χ2v) is 6.97. The predicted molar refractivity (Wildman–Crippen MR) is 135 cm³/mol. The van der Waals surface area contributed by atoms with Gasteiger partial charge in [0.25, 0.3) is 0 Å². The molecule has 180 valence electrons. The Balaban J connectivity index is -0.00000272. The number of nitrogens with zero attached hydrogens (tertiary/aromatic N) is 1. The first kappa shape index (κ1) is 36.4. The molecule has 0 radical (unpaired) electrons. The van der Waals surface area contributed by atoms with Crippen LogP contribution in [0.1, 0.15) is 78.6 Å². The van der Waals surface area contributed by atoms with Crippen molar-refractivity contribution in [1.29, 1.82) is 0 Å². The van der Waals surface area contributed by atoms with E-state index < -0.39 is 0 Å². The molecule has 6 heteroatoms. The molecule has 0 unspecified atom stereocenters. The molecule has 0 atom stereocenters. The van der Waals surface area contributed by atoms with Crippen molar-refractivity contribution in [3.05, 3.63) is 52.9 Å². The average Bonchev–Trinajstić information content (AvgIpc) is 2.81. The predicted octanol–water partition coefficient (Wildman–Crippen LogP) is 3.86. The molecule has 0 aliphatic carbocycles. The summed E-state index contributed by atoms with van der Waals surface area (Å²) in [6.07, 6.45) is 22.5. The SMILES string of the molecule is CC/C=C\C=C/CCOCCC/C(CC)=C(/C=C\CC)CCCCNC(=O)[N-]C.CO.[K+]. The Labute approximate surface area is 240 Å². The van der Waals surface area contributed by atoms with Gasteiger partial charge in [-0.2, -0.15) is 0 Å². The zero-order chi connectivity index (χ0) is 23.6. The summed E-state index contributed by atoms with van der Waals surface area (Å²) >= 11 is 0. The number of hydrogen-bond donors (Lipinski definition) is 2. The second-order valence-electron chi connectivity index (χ2n) is 6.97. The van der Waals surface area contributed by atoms with E-state index in [1.807, 2.05) is 0 Å². The number of rotatable bonds is 17. The summed E-state index contributed by atoms with van der Waals surface area (Å²) in [5.41, 5.74) is 3.00. The zero-order valence-electron chi connectivity index (χ0n) is 21.7. The monoisotopic (exact) mass is 474 g/mol. The van der Waals surface area contributed by atoms with Crippen molar-refractivity contribution in [2.24, 2.45) is 0 Å². The number of aliphatic hydroxyl groups excluding tert-OH is 1. The van der Waals surface area contributed by atoms with Gasteiger partial charge in [-0.25, -0.2) is 0 Å². The smallest absolute Gasteiger partial charge is 0.449 e. The Morgan fingerprint density at radius 3 is 2.25 bits per heavy atom. The fraction of sp³-hybridized carbons (Fsp3) is 0.654. The van der Waals surface area contributed by atoms with E-state index in [-0.39, 0.29) is 57.4 Å². The van der Waals surface area contributed by atoms with E-state index >= 15 is 0 Å². The minimum atomic E-state index is -0.228. The largest absolute Gasteiger partial charge is 1.00 e. The van der Waals surface area contributed by atoms with Crippen LogP contribution in [-0.4, -0.2) is 45.1 Å². The molecule has 32 heavy (non-hydrogen) atoms. The van der Waals surface area contributed by atoms with E-state index in [0.29, 0.717) is 6.54 Å². The molecule has 0 aromatic heterocycles. The van der Waals surface area contributed by atoms with Crippen LogP contribution in [0.4, 0.5) is 4.79 Å². The van der Waals surface area contributed by atoms with Gasteiger partial charge in [0.1, 0.15) is 0 Å². The van der Waals surface area contributed by atoms with Gasteiger partial charge in [-0.15, -0.1) is 0 Å². The van der Waals surface area contributed by atoms with Gasteiger partial charge in [0.15, 0.2) is 6.03 Å². The van der Waals surface area contributed by atoms with E-state index in [9.17, 15) is 4.79 Å². The number of hydrogen-bond acceptors (Lipinski definition) is 3. The Morgan fingerprint density at radius 2 is 1.62 bits per heavy atom. The van der Waals surface area contributed by atoms with Crippen LogP contribution in [0.25, 0.3) is 5.32 Å². The maximum absolute atomic E-state index is 11.2. The second kappa shape index (κ2) is 30.8. The molecule has 0 aromatic rings. The third kappa shape index (κ3) is 24.4. The molecule has 0 rings (SSSR count). The van der Waals surface area contributed by atoms with Crippen molar-refractivity contribution in [3.8, 4) is 0 Å². The van der Waals surface area contributed by atoms with Crippen LogP contribution < -0.4 is 56.7 Å². The minimum Gasteiger partial charge on any atom is -0.449 e. The van der Waals surface area contributed by atoms with Crippen molar-refractivity contribution < 1.29 is 66.0 Å². The summed E-state index contributed by atoms with van der Waals surface area (Å²) in [5, 5.41) is 13.4. The fourth-order valence-corrected chi connectivity index (χ4v) is 2.95. The van der Waals surface area contributed by atoms with Crippen molar-refractivity contribution in [2.75, 3.05) is 33.9 Å². The topological polar surface area (TPSA) is 72.7 Å². The summed E-state index contributed by atoms with van der Waals surface area (Å²) in [6.45, 7) is 8.86. The number of carbonyl (C=O) groups is 1. The number of carbonyl (C=O) groups excluding carboxylic acids is 1. The van der Waals surface area contributed by atoms with Crippen LogP contribution in [-0.2, 0) is 4.74 Å². The van der Waals surface area contributed by atoms with E-state index in [2.05, 4.69) is 67.9 Å². The molecule has 0 saturated carbocycles. The molecule has 0 spiro atoms. The van der Waals surface area contributed by atoms with Crippen molar-refractivity contribution in [2.45, 2.75) is 78.6 Å². The molecule has 0 aliphatic rings. The van der Waals surface area contributed by atoms with Crippen LogP contribution in [0.5, 0.6) is 0 Å². The van der Waals surface area contributed by atoms with Gasteiger partial charge in [0.05, 0.1) is 6.61 Å². The van der Waals surface area contributed by atoms with Crippen molar-refractivity contribution >= 4 is 6.03 Å². The van der Waals surface area contributed by atoms with E-state index in [0.717, 1.165) is 78.1 Å². The number of amides is 2. The molecule has 0 aromatic carbocycles. The molecule has 5 nitrogen and oxygen atoms in total. The van der Waals surface area contributed by atoms with E-state index in [1.54, 1.807) is 0 Å². The van der Waals surface area contributed by atoms with Crippen molar-refractivity contribution in [1.82, 2.24) is 5.32 Å². The van der Waals surface area contributed by atoms with Crippen LogP contribution in [0, 0.1) is 0 Å². The number of aliphatic hydroxyl groups is 1. The molecule has 0 fully saturated rings. The van der Waals surface area contributed by atoms with Gasteiger partial charge >= 0.3 is 51.4 Å². The number of unbranched alkanes of at least 4 members (excludes halogenated alkanes) is 1. The van der Waals surface area contributed by atoms with E-state index in [1.165, 1.54) is 18.2 Å². The van der Waals surface area contributed by atoms with Gasteiger partial charge in [-0.1, -0.05) is 82.8 Å². The third-order valence-electron chi connectivity index (χ3n) is 4.60. The first-order valence-corrected chi connectivity index (χ1v) is 11.8. The molecule has 0 heterocycles. The van der Waals surface area contributed by atoms with Crippen LogP contribution >= 0.6 is 0 Å². The van der Waals surface area contributed by atoms with Gasteiger partial charge in [0.2, 0.25) is 0 Å². The molecule has 2 amide bonds. The fourth-order valence-electron chi connectivity index (χ4n) is 2.95. The maximum atomic E-state index is 11.2. The maximum Gasteiger partial charge on any atom is 1.00 e. The van der Waals surface area contributed by atoms with Crippen molar-refractivity contribution in [3.63, 3.8) is 0 Å².